The average Bonchev–Trinajstić information content (AvgIpc) is 2.20. The zero-order valence-corrected chi connectivity index (χ0v) is 7.93. The van der Waals surface area contributed by atoms with Gasteiger partial charge in [0.2, 0.25) is 0 Å². The summed E-state index contributed by atoms with van der Waals surface area (Å²) < 4.78 is 0. The molecule has 0 bridgehead atoms. The zero-order valence-electron chi connectivity index (χ0n) is 7.93. The van der Waals surface area contributed by atoms with Crippen molar-refractivity contribution < 1.29 is 10.2 Å². The van der Waals surface area contributed by atoms with E-state index < -0.39 is 0 Å². The van der Waals surface area contributed by atoms with Crippen molar-refractivity contribution in [1.29, 1.82) is 0 Å². The summed E-state index contributed by atoms with van der Waals surface area (Å²) in [5, 5.41) is 18.1. The van der Waals surface area contributed by atoms with E-state index in [2.05, 4.69) is 0 Å². The van der Waals surface area contributed by atoms with Crippen LogP contribution in [0.15, 0.2) is 30.3 Å². The number of aromatic hydroxyl groups is 1. The minimum absolute atomic E-state index is 0.0227. The third-order valence-corrected chi connectivity index (χ3v) is 1.91. The Balaban J connectivity index is 2.56. The molecule has 0 radical (unpaired) electrons. The molecule has 0 aromatic heterocycles. The van der Waals surface area contributed by atoms with Crippen molar-refractivity contribution in [3.05, 3.63) is 35.9 Å². The molecule has 0 heterocycles. The fourth-order valence-electron chi connectivity index (χ4n) is 1.07. The highest BCUT2D eigenvalue weighted by molar-refractivity contribution is 5.56. The molecule has 0 saturated heterocycles. The van der Waals surface area contributed by atoms with Gasteiger partial charge in [0.1, 0.15) is 5.75 Å². The molecule has 0 aliphatic rings. The van der Waals surface area contributed by atoms with Crippen molar-refractivity contribution in [2.24, 2.45) is 5.73 Å². The van der Waals surface area contributed by atoms with Crippen LogP contribution in [0.2, 0.25) is 0 Å². The Hall–Kier alpha value is -1.32. The molecule has 14 heavy (non-hydrogen) atoms. The maximum absolute atomic E-state index is 9.40. The molecule has 1 unspecified atom stereocenters. The van der Waals surface area contributed by atoms with Crippen molar-refractivity contribution in [3.8, 4) is 5.75 Å². The minimum atomic E-state index is -0.225. The molecule has 0 aliphatic carbocycles. The summed E-state index contributed by atoms with van der Waals surface area (Å²) in [4.78, 5) is 0. The average molecular weight is 193 g/mol. The molecule has 3 nitrogen and oxygen atoms in total. The topological polar surface area (TPSA) is 66.5 Å². The standard InChI is InChI=1S/C11H15NO2/c12-10(8-13)6-3-5-9-4-1-2-7-11(9)14/h1-5,7,10,13-14H,6,8,12H2/b5-3+. The fraction of sp³-hybridized carbons (Fsp3) is 0.273. The first-order valence-corrected chi connectivity index (χ1v) is 4.55. The summed E-state index contributed by atoms with van der Waals surface area (Å²) in [6.45, 7) is -0.0227. The summed E-state index contributed by atoms with van der Waals surface area (Å²) in [7, 11) is 0. The lowest BCUT2D eigenvalue weighted by atomic mass is 10.1. The van der Waals surface area contributed by atoms with Crippen LogP contribution in [-0.2, 0) is 0 Å². The number of nitrogens with two attached hydrogens (primary N) is 1. The van der Waals surface area contributed by atoms with Gasteiger partial charge in [0, 0.05) is 11.6 Å². The fourth-order valence-corrected chi connectivity index (χ4v) is 1.07. The summed E-state index contributed by atoms with van der Waals surface area (Å²) in [6, 6.07) is 6.84. The lowest BCUT2D eigenvalue weighted by molar-refractivity contribution is 0.267. The van der Waals surface area contributed by atoms with E-state index in [4.69, 9.17) is 10.8 Å². The normalized spacial score (nSPS) is 13.3. The van der Waals surface area contributed by atoms with Gasteiger partial charge >= 0.3 is 0 Å². The van der Waals surface area contributed by atoms with Crippen LogP contribution in [0.3, 0.4) is 0 Å². The first kappa shape index (κ1) is 10.8. The van der Waals surface area contributed by atoms with Crippen LogP contribution >= 0.6 is 0 Å². The van der Waals surface area contributed by atoms with E-state index in [1.165, 1.54) is 0 Å². The van der Waals surface area contributed by atoms with Crippen LogP contribution in [0, 0.1) is 0 Å². The second-order valence-electron chi connectivity index (χ2n) is 3.14. The van der Waals surface area contributed by atoms with Crippen LogP contribution < -0.4 is 5.73 Å². The number of aliphatic hydroxyl groups is 1. The molecule has 76 valence electrons. The van der Waals surface area contributed by atoms with Crippen molar-refractivity contribution in [1.82, 2.24) is 0 Å². The molecule has 1 aromatic rings. The third kappa shape index (κ3) is 3.20. The lowest BCUT2D eigenvalue weighted by Crippen LogP contribution is -2.22. The van der Waals surface area contributed by atoms with Crippen LogP contribution in [0.1, 0.15) is 12.0 Å². The highest BCUT2D eigenvalue weighted by Gasteiger charge is 1.96. The van der Waals surface area contributed by atoms with Crippen molar-refractivity contribution >= 4 is 6.08 Å². The molecule has 3 heteroatoms. The Morgan fingerprint density at radius 3 is 2.71 bits per heavy atom. The highest BCUT2D eigenvalue weighted by Crippen LogP contribution is 2.17. The van der Waals surface area contributed by atoms with Gasteiger partial charge in [-0.2, -0.15) is 0 Å². The summed E-state index contributed by atoms with van der Waals surface area (Å²) in [5.74, 6) is 0.251. The van der Waals surface area contributed by atoms with Crippen molar-refractivity contribution in [2.45, 2.75) is 12.5 Å². The third-order valence-electron chi connectivity index (χ3n) is 1.91. The van der Waals surface area contributed by atoms with Crippen LogP contribution in [0.4, 0.5) is 0 Å². The van der Waals surface area contributed by atoms with Crippen LogP contribution in [-0.4, -0.2) is 22.9 Å². The van der Waals surface area contributed by atoms with Gasteiger partial charge in [-0.3, -0.25) is 0 Å². The number of benzene rings is 1. The SMILES string of the molecule is NC(CO)C/C=C/c1ccccc1O. The van der Waals surface area contributed by atoms with Gasteiger partial charge in [-0.15, -0.1) is 0 Å². The van der Waals surface area contributed by atoms with E-state index in [1.54, 1.807) is 18.2 Å². The van der Waals surface area contributed by atoms with E-state index in [0.717, 1.165) is 5.56 Å². The Morgan fingerprint density at radius 2 is 2.07 bits per heavy atom. The molecule has 1 aromatic carbocycles. The minimum Gasteiger partial charge on any atom is -0.507 e. The van der Waals surface area contributed by atoms with E-state index >= 15 is 0 Å². The second-order valence-corrected chi connectivity index (χ2v) is 3.14. The molecular formula is C11H15NO2. The predicted octanol–water partition coefficient (Wildman–Crippen LogP) is 1.12. The second kappa shape index (κ2) is 5.42. The number of hydrogen-bond donors (Lipinski definition) is 3. The molecule has 0 saturated carbocycles. The quantitative estimate of drug-likeness (QED) is 0.671. The molecule has 1 rings (SSSR count). The molecule has 0 aliphatic heterocycles. The van der Waals surface area contributed by atoms with Crippen molar-refractivity contribution in [2.75, 3.05) is 6.61 Å². The van der Waals surface area contributed by atoms with Gasteiger partial charge in [-0.1, -0.05) is 30.4 Å². The van der Waals surface area contributed by atoms with Crippen LogP contribution in [0.25, 0.3) is 6.08 Å². The maximum atomic E-state index is 9.40. The van der Waals surface area contributed by atoms with Crippen LogP contribution in [0.5, 0.6) is 5.75 Å². The number of aliphatic hydroxyl groups excluding tert-OH is 1. The number of rotatable bonds is 4. The Bertz CT molecular complexity index is 310. The molecule has 0 fully saturated rings. The van der Waals surface area contributed by atoms with Gasteiger partial charge in [0.25, 0.3) is 0 Å². The largest absolute Gasteiger partial charge is 0.507 e. The number of phenols is 1. The van der Waals surface area contributed by atoms with Gasteiger partial charge < -0.3 is 15.9 Å². The smallest absolute Gasteiger partial charge is 0.122 e. The first-order chi connectivity index (χ1) is 6.74. The highest BCUT2D eigenvalue weighted by atomic mass is 16.3. The summed E-state index contributed by atoms with van der Waals surface area (Å²) >= 11 is 0. The molecule has 1 atom stereocenters. The Morgan fingerprint density at radius 1 is 1.36 bits per heavy atom. The van der Waals surface area contributed by atoms with E-state index in [9.17, 15) is 5.11 Å². The van der Waals surface area contributed by atoms with Gasteiger partial charge in [-0.25, -0.2) is 0 Å². The van der Waals surface area contributed by atoms with Gasteiger partial charge in [-0.05, 0) is 12.5 Å². The molecule has 0 amide bonds. The monoisotopic (exact) mass is 193 g/mol. The predicted molar refractivity (Wildman–Crippen MR) is 56.8 cm³/mol. The van der Waals surface area contributed by atoms with E-state index in [-0.39, 0.29) is 18.4 Å². The number of hydrogen-bond acceptors (Lipinski definition) is 3. The summed E-state index contributed by atoms with van der Waals surface area (Å²) in [6.07, 6.45) is 4.24. The Labute approximate surface area is 83.5 Å². The maximum Gasteiger partial charge on any atom is 0.122 e. The molecule has 0 spiro atoms. The summed E-state index contributed by atoms with van der Waals surface area (Å²) in [5.41, 5.74) is 6.27. The van der Waals surface area contributed by atoms with E-state index in [1.807, 2.05) is 18.2 Å². The molecule has 4 N–H and O–H groups in total. The number of para-hydroxylation sites is 1. The van der Waals surface area contributed by atoms with Gasteiger partial charge in [0.05, 0.1) is 6.61 Å². The number of phenolic OH excluding ortho intramolecular Hbond substituents is 1. The van der Waals surface area contributed by atoms with Crippen molar-refractivity contribution in [3.63, 3.8) is 0 Å². The molecular weight excluding hydrogens is 178 g/mol. The Kier molecular flexibility index (Phi) is 4.16. The van der Waals surface area contributed by atoms with E-state index in [0.29, 0.717) is 6.42 Å². The van der Waals surface area contributed by atoms with Gasteiger partial charge in [0.15, 0.2) is 0 Å². The lowest BCUT2D eigenvalue weighted by Gasteiger charge is -2.02. The first-order valence-electron chi connectivity index (χ1n) is 4.55. The zero-order chi connectivity index (χ0) is 10.4.